The molecule has 0 radical (unpaired) electrons. The predicted octanol–water partition coefficient (Wildman–Crippen LogP) is 13.6. The standard InChI is InChI=1S/C49H85O9P/c1-3-5-7-9-11-13-15-17-19-21-22-23-24-25-27-29-31-33-35-37-39-41-48(51)56-44-47(45-57-59(53,54)55)58-49(52)43-42-46(50)40-38-36-34-32-30-28-26-20-18-16-14-12-10-8-6-4-2/h6,8,12,14,18,20,28,30,34,36,38,40,46-47,50H,3-5,7,9-11,13,15-17,19,21-27,29,31-33,35,37,39,41-45H2,1-2H3,(H2,53,54,55)/b8-6-,14-12-,20-18-,30-28-,36-34-,40-38-/t46?,47-/m1/s1. The van der Waals surface area contributed by atoms with Gasteiger partial charge in [-0.2, -0.15) is 0 Å². The Morgan fingerprint density at radius 1 is 0.525 bits per heavy atom. The van der Waals surface area contributed by atoms with Crippen molar-refractivity contribution in [2.75, 3.05) is 13.2 Å². The molecular weight excluding hydrogens is 764 g/mol. The average Bonchev–Trinajstić information content (AvgIpc) is 3.21. The number of hydrogen-bond donors (Lipinski definition) is 3. The smallest absolute Gasteiger partial charge is 0.462 e. The molecule has 0 aliphatic carbocycles. The fraction of sp³-hybridized carbons (Fsp3) is 0.714. The summed E-state index contributed by atoms with van der Waals surface area (Å²) in [6.07, 6.45) is 53.9. The van der Waals surface area contributed by atoms with Gasteiger partial charge in [0.05, 0.1) is 12.7 Å². The Morgan fingerprint density at radius 3 is 1.39 bits per heavy atom. The number of aliphatic hydroxyl groups excluding tert-OH is 1. The van der Waals surface area contributed by atoms with Crippen LogP contribution in [0.25, 0.3) is 0 Å². The number of hydrogen-bond acceptors (Lipinski definition) is 7. The lowest BCUT2D eigenvalue weighted by atomic mass is 10.0. The van der Waals surface area contributed by atoms with E-state index in [9.17, 15) is 19.3 Å². The van der Waals surface area contributed by atoms with Crippen LogP contribution in [0.15, 0.2) is 72.9 Å². The van der Waals surface area contributed by atoms with E-state index in [4.69, 9.17) is 19.3 Å². The molecule has 0 aromatic rings. The van der Waals surface area contributed by atoms with E-state index in [1.165, 1.54) is 109 Å². The Bertz CT molecular complexity index is 1200. The van der Waals surface area contributed by atoms with Crippen molar-refractivity contribution in [3.8, 4) is 0 Å². The van der Waals surface area contributed by atoms with Crippen molar-refractivity contribution in [2.45, 2.75) is 212 Å². The van der Waals surface area contributed by atoms with Crippen molar-refractivity contribution in [3.05, 3.63) is 72.9 Å². The van der Waals surface area contributed by atoms with Crippen LogP contribution in [0.5, 0.6) is 0 Å². The van der Waals surface area contributed by atoms with Gasteiger partial charge in [-0.3, -0.25) is 14.1 Å². The molecule has 0 aliphatic rings. The molecule has 10 heteroatoms. The first-order valence-corrected chi connectivity index (χ1v) is 24.9. The SMILES string of the molecule is CC/C=C\C/C=C\C/C=C\C/C=C\C/C=C\C=C/C(O)CCC(=O)O[C@H](COC(=O)CCCCCCCCCCCCCCCCCCCCCCC)COP(=O)(O)O. The van der Waals surface area contributed by atoms with Gasteiger partial charge in [-0.1, -0.05) is 215 Å². The van der Waals surface area contributed by atoms with Crippen LogP contribution in [-0.2, 0) is 28.2 Å². The second kappa shape index (κ2) is 43.5. The minimum absolute atomic E-state index is 0.0887. The summed E-state index contributed by atoms with van der Waals surface area (Å²) in [5.41, 5.74) is 0. The van der Waals surface area contributed by atoms with Crippen LogP contribution in [0.1, 0.15) is 200 Å². The summed E-state index contributed by atoms with van der Waals surface area (Å²) in [6, 6.07) is 0. The maximum Gasteiger partial charge on any atom is 0.469 e. The highest BCUT2D eigenvalue weighted by Gasteiger charge is 2.23. The molecule has 0 bridgehead atoms. The first-order chi connectivity index (χ1) is 28.7. The Morgan fingerprint density at radius 2 is 0.949 bits per heavy atom. The van der Waals surface area contributed by atoms with Crippen LogP contribution >= 0.6 is 7.82 Å². The number of carbonyl (C=O) groups excluding carboxylic acids is 2. The maximum atomic E-state index is 12.4. The van der Waals surface area contributed by atoms with Crippen molar-refractivity contribution in [1.29, 1.82) is 0 Å². The average molecular weight is 849 g/mol. The van der Waals surface area contributed by atoms with Crippen LogP contribution < -0.4 is 0 Å². The molecular formula is C49H85O9P. The van der Waals surface area contributed by atoms with E-state index in [1.54, 1.807) is 12.2 Å². The fourth-order valence-electron chi connectivity index (χ4n) is 6.37. The van der Waals surface area contributed by atoms with Gasteiger partial charge in [-0.05, 0) is 44.9 Å². The highest BCUT2D eigenvalue weighted by atomic mass is 31.2. The van der Waals surface area contributed by atoms with Crippen LogP contribution in [-0.4, -0.2) is 52.3 Å². The molecule has 0 rings (SSSR count). The van der Waals surface area contributed by atoms with Gasteiger partial charge < -0.3 is 24.4 Å². The molecule has 0 amide bonds. The molecule has 3 N–H and O–H groups in total. The first kappa shape index (κ1) is 56.5. The lowest BCUT2D eigenvalue weighted by Gasteiger charge is -2.18. The fourth-order valence-corrected chi connectivity index (χ4v) is 6.73. The third-order valence-electron chi connectivity index (χ3n) is 9.86. The van der Waals surface area contributed by atoms with Gasteiger partial charge in [0.25, 0.3) is 0 Å². The van der Waals surface area contributed by atoms with E-state index < -0.39 is 38.6 Å². The number of unbranched alkanes of at least 4 members (excludes halogenated alkanes) is 20. The predicted molar refractivity (Wildman–Crippen MR) is 245 cm³/mol. The summed E-state index contributed by atoms with van der Waals surface area (Å²) in [6.45, 7) is 3.39. The molecule has 0 aliphatic heterocycles. The lowest BCUT2D eigenvalue weighted by Crippen LogP contribution is -2.29. The quantitative estimate of drug-likeness (QED) is 0.0180. The normalized spacial score (nSPS) is 13.6. The Balaban J connectivity index is 4.05. The Labute approximate surface area is 360 Å². The summed E-state index contributed by atoms with van der Waals surface area (Å²) in [7, 11) is -4.83. The second-order valence-electron chi connectivity index (χ2n) is 15.6. The van der Waals surface area contributed by atoms with Gasteiger partial charge in [-0.25, -0.2) is 4.57 Å². The van der Waals surface area contributed by atoms with Gasteiger partial charge in [0.1, 0.15) is 6.61 Å². The third kappa shape index (κ3) is 46.4. The third-order valence-corrected chi connectivity index (χ3v) is 10.3. The number of phosphoric ester groups is 1. The van der Waals surface area contributed by atoms with Crippen molar-refractivity contribution in [2.24, 2.45) is 0 Å². The Hall–Kier alpha value is -2.55. The van der Waals surface area contributed by atoms with Crippen molar-refractivity contribution in [1.82, 2.24) is 0 Å². The van der Waals surface area contributed by atoms with E-state index in [-0.39, 0.29) is 25.9 Å². The number of esters is 2. The largest absolute Gasteiger partial charge is 0.469 e. The molecule has 9 nitrogen and oxygen atoms in total. The van der Waals surface area contributed by atoms with Gasteiger partial charge in [0, 0.05) is 12.8 Å². The van der Waals surface area contributed by atoms with Gasteiger partial charge in [0.2, 0.25) is 0 Å². The van der Waals surface area contributed by atoms with Gasteiger partial charge in [-0.15, -0.1) is 0 Å². The van der Waals surface area contributed by atoms with Crippen molar-refractivity contribution >= 4 is 19.8 Å². The number of rotatable bonds is 42. The van der Waals surface area contributed by atoms with E-state index in [1.807, 2.05) is 12.2 Å². The number of phosphoric acid groups is 1. The van der Waals surface area contributed by atoms with Crippen LogP contribution in [0.2, 0.25) is 0 Å². The molecule has 1 unspecified atom stereocenters. The molecule has 0 fully saturated rings. The van der Waals surface area contributed by atoms with Crippen molar-refractivity contribution in [3.63, 3.8) is 0 Å². The van der Waals surface area contributed by atoms with Crippen molar-refractivity contribution < 1.29 is 43.0 Å². The molecule has 59 heavy (non-hydrogen) atoms. The highest BCUT2D eigenvalue weighted by Crippen LogP contribution is 2.36. The zero-order valence-corrected chi connectivity index (χ0v) is 38.1. The molecule has 340 valence electrons. The zero-order chi connectivity index (χ0) is 43.3. The van der Waals surface area contributed by atoms with E-state index >= 15 is 0 Å². The monoisotopic (exact) mass is 849 g/mol. The molecule has 0 aromatic carbocycles. The van der Waals surface area contributed by atoms with Gasteiger partial charge >= 0.3 is 19.8 Å². The molecule has 0 aromatic heterocycles. The zero-order valence-electron chi connectivity index (χ0n) is 37.2. The number of ether oxygens (including phenoxy) is 2. The molecule has 0 saturated heterocycles. The van der Waals surface area contributed by atoms with E-state index in [0.29, 0.717) is 6.42 Å². The maximum absolute atomic E-state index is 12.4. The lowest BCUT2D eigenvalue weighted by molar-refractivity contribution is -0.161. The van der Waals surface area contributed by atoms with Crippen LogP contribution in [0.3, 0.4) is 0 Å². The summed E-state index contributed by atoms with van der Waals surface area (Å²) in [4.78, 5) is 43.0. The van der Waals surface area contributed by atoms with Crippen LogP contribution in [0, 0.1) is 0 Å². The van der Waals surface area contributed by atoms with E-state index in [0.717, 1.165) is 51.4 Å². The summed E-state index contributed by atoms with van der Waals surface area (Å²) >= 11 is 0. The van der Waals surface area contributed by atoms with Crippen LogP contribution in [0.4, 0.5) is 0 Å². The number of allylic oxidation sites excluding steroid dienone is 11. The number of carbonyl (C=O) groups is 2. The molecule has 2 atom stereocenters. The highest BCUT2D eigenvalue weighted by molar-refractivity contribution is 7.46. The topological polar surface area (TPSA) is 140 Å². The molecule has 0 spiro atoms. The summed E-state index contributed by atoms with van der Waals surface area (Å²) in [5, 5.41) is 10.2. The summed E-state index contributed by atoms with van der Waals surface area (Å²) in [5.74, 6) is -1.16. The number of aliphatic hydroxyl groups is 1. The summed E-state index contributed by atoms with van der Waals surface area (Å²) < 4.78 is 26.3. The first-order valence-electron chi connectivity index (χ1n) is 23.3. The van der Waals surface area contributed by atoms with E-state index in [2.05, 4.69) is 67.0 Å². The Kier molecular flexibility index (Phi) is 41.7. The second-order valence-corrected chi connectivity index (χ2v) is 16.8. The minimum Gasteiger partial charge on any atom is -0.462 e. The molecule has 0 heterocycles. The minimum atomic E-state index is -4.83. The van der Waals surface area contributed by atoms with Gasteiger partial charge in [0.15, 0.2) is 6.10 Å². The molecule has 0 saturated carbocycles.